The molecule has 4 N–H and O–H groups in total. The lowest BCUT2D eigenvalue weighted by atomic mass is 9.39. The molecule has 2 saturated carbocycles. The van der Waals surface area contributed by atoms with Crippen molar-refractivity contribution in [1.29, 1.82) is 0 Å². The van der Waals surface area contributed by atoms with Crippen LogP contribution in [0, 0.1) is 23.2 Å². The summed E-state index contributed by atoms with van der Waals surface area (Å²) < 4.78 is 0. The Bertz CT molecular complexity index is 621. The first kappa shape index (κ1) is 17.8. The van der Waals surface area contributed by atoms with Gasteiger partial charge in [-0.1, -0.05) is 6.92 Å². The van der Waals surface area contributed by atoms with E-state index in [1.54, 1.807) is 0 Å². The van der Waals surface area contributed by atoms with Gasteiger partial charge in [0.05, 0.1) is 11.8 Å². The van der Waals surface area contributed by atoms with Gasteiger partial charge in [0, 0.05) is 5.41 Å². The van der Waals surface area contributed by atoms with Crippen molar-refractivity contribution in [3.8, 4) is 0 Å². The molecular formula is C13H14Cl2O8. The molecule has 2 aliphatic carbocycles. The second kappa shape index (κ2) is 4.98. The molecule has 2 rings (SSSR count). The van der Waals surface area contributed by atoms with E-state index < -0.39 is 56.8 Å². The van der Waals surface area contributed by atoms with Crippen LogP contribution >= 0.6 is 23.2 Å². The second-order valence-electron chi connectivity index (χ2n) is 6.28. The predicted molar refractivity (Wildman–Crippen MR) is 75.5 cm³/mol. The van der Waals surface area contributed by atoms with Crippen LogP contribution in [0.15, 0.2) is 0 Å². The first-order valence-corrected chi connectivity index (χ1v) is 7.41. The molecule has 0 aliphatic heterocycles. The van der Waals surface area contributed by atoms with Crippen molar-refractivity contribution in [2.75, 3.05) is 0 Å². The highest BCUT2D eigenvalue weighted by atomic mass is 35.5. The predicted octanol–water partition coefficient (Wildman–Crippen LogP) is 0.942. The maximum absolute atomic E-state index is 11.6. The minimum absolute atomic E-state index is 0.375. The van der Waals surface area contributed by atoms with E-state index in [-0.39, 0.29) is 12.8 Å². The largest absolute Gasteiger partial charge is 0.481 e. The summed E-state index contributed by atoms with van der Waals surface area (Å²) in [5.41, 5.74) is -1.46. The number of carbonyl (C=O) groups is 4. The summed E-state index contributed by atoms with van der Waals surface area (Å²) >= 11 is 12.2. The van der Waals surface area contributed by atoms with Crippen LogP contribution in [0.1, 0.15) is 19.8 Å². The topological polar surface area (TPSA) is 149 Å². The Hall–Kier alpha value is -1.54. The third-order valence-corrected chi connectivity index (χ3v) is 7.09. The lowest BCUT2D eigenvalue weighted by Crippen LogP contribution is -2.83. The Labute approximate surface area is 140 Å². The highest BCUT2D eigenvalue weighted by Gasteiger charge is 2.86. The summed E-state index contributed by atoms with van der Waals surface area (Å²) in [5.74, 6) is -9.96. The molecule has 0 bridgehead atoms. The van der Waals surface area contributed by atoms with Crippen LogP contribution in [0.5, 0.6) is 0 Å². The molecule has 0 aromatic carbocycles. The number of aliphatic carboxylic acids is 4. The zero-order chi connectivity index (χ0) is 18.0. The summed E-state index contributed by atoms with van der Waals surface area (Å²) in [4.78, 5) is 41.0. The van der Waals surface area contributed by atoms with Gasteiger partial charge in [-0.15, -0.1) is 23.2 Å². The van der Waals surface area contributed by atoms with Crippen LogP contribution in [0.3, 0.4) is 0 Å². The maximum atomic E-state index is 11.6. The highest BCUT2D eigenvalue weighted by molar-refractivity contribution is 6.50. The van der Waals surface area contributed by atoms with Crippen LogP contribution in [-0.4, -0.2) is 54.1 Å². The fraction of sp³-hybridized carbons (Fsp3) is 0.692. The normalized spacial score (nSPS) is 45.4. The van der Waals surface area contributed by atoms with E-state index in [1.165, 1.54) is 6.92 Å². The molecule has 128 valence electrons. The molecule has 0 aromatic heterocycles. The van der Waals surface area contributed by atoms with Crippen molar-refractivity contribution in [3.05, 3.63) is 0 Å². The molecule has 10 heteroatoms. The number of hydrogen-bond donors (Lipinski definition) is 4. The van der Waals surface area contributed by atoms with Gasteiger partial charge in [-0.2, -0.15) is 0 Å². The molecule has 0 radical (unpaired) electrons. The summed E-state index contributed by atoms with van der Waals surface area (Å²) in [6, 6.07) is 0. The number of carboxylic acid groups (broad SMARTS) is 4. The first-order valence-electron chi connectivity index (χ1n) is 6.66. The highest BCUT2D eigenvalue weighted by Crippen LogP contribution is 2.73. The van der Waals surface area contributed by atoms with E-state index in [4.69, 9.17) is 23.2 Å². The number of halogens is 2. The molecule has 0 saturated heterocycles. The van der Waals surface area contributed by atoms with Crippen molar-refractivity contribution in [1.82, 2.24) is 0 Å². The summed E-state index contributed by atoms with van der Waals surface area (Å²) in [5, 5.41) is 37.3. The van der Waals surface area contributed by atoms with E-state index in [1.807, 2.05) is 0 Å². The maximum Gasteiger partial charge on any atom is 0.327 e. The fourth-order valence-corrected chi connectivity index (χ4v) is 5.26. The summed E-state index contributed by atoms with van der Waals surface area (Å²) in [7, 11) is 0. The second-order valence-corrected chi connectivity index (χ2v) is 7.44. The Morgan fingerprint density at radius 3 is 1.74 bits per heavy atom. The van der Waals surface area contributed by atoms with E-state index in [0.717, 1.165) is 0 Å². The number of carboxylic acids is 4. The number of fused-ring (bicyclic) bond motifs is 1. The Morgan fingerprint density at radius 1 is 0.913 bits per heavy atom. The average molecular weight is 369 g/mol. The van der Waals surface area contributed by atoms with Crippen LogP contribution < -0.4 is 0 Å². The quantitative estimate of drug-likeness (QED) is 0.535. The monoisotopic (exact) mass is 368 g/mol. The molecular weight excluding hydrogens is 355 g/mol. The molecule has 2 fully saturated rings. The van der Waals surface area contributed by atoms with Gasteiger partial charge < -0.3 is 20.4 Å². The zero-order valence-electron chi connectivity index (χ0n) is 11.8. The van der Waals surface area contributed by atoms with Crippen molar-refractivity contribution < 1.29 is 39.6 Å². The number of hydrogen-bond acceptors (Lipinski definition) is 4. The van der Waals surface area contributed by atoms with Gasteiger partial charge >= 0.3 is 23.9 Å². The third kappa shape index (κ3) is 1.85. The number of rotatable bonds is 4. The molecule has 6 unspecified atom stereocenters. The van der Waals surface area contributed by atoms with Crippen LogP contribution in [0.4, 0.5) is 0 Å². The van der Waals surface area contributed by atoms with Gasteiger partial charge in [-0.3, -0.25) is 19.2 Å². The Kier molecular flexibility index (Phi) is 3.85. The van der Waals surface area contributed by atoms with Crippen molar-refractivity contribution in [2.24, 2.45) is 23.2 Å². The average Bonchev–Trinajstić information content (AvgIpc) is 2.43. The molecule has 0 aromatic rings. The molecule has 0 spiro atoms. The standard InChI is InChI=1S/C13H14Cl2O8/c1-11-3-5(8(18)19)4(7(16)17)2-6(11)12(14,9(20)21)13(11,15)10(22)23/h4-6H,2-3H2,1H3,(H,16,17)(H,18,19)(H,20,21)(H,22,23). The fourth-order valence-electron chi connectivity index (χ4n) is 4.21. The minimum atomic E-state index is -2.44. The van der Waals surface area contributed by atoms with Gasteiger partial charge in [-0.25, -0.2) is 0 Å². The molecule has 0 amide bonds. The first-order chi connectivity index (χ1) is 10.4. The van der Waals surface area contributed by atoms with Gasteiger partial charge in [-0.05, 0) is 18.8 Å². The summed E-state index contributed by atoms with van der Waals surface area (Å²) in [6.07, 6.45) is -0.762. The SMILES string of the molecule is CC12CC(C(=O)O)C(C(=O)O)CC1C(Cl)(C(=O)O)C2(Cl)C(=O)O. The van der Waals surface area contributed by atoms with Gasteiger partial charge in [0.25, 0.3) is 0 Å². The van der Waals surface area contributed by atoms with Crippen LogP contribution in [0.25, 0.3) is 0 Å². The molecule has 6 atom stereocenters. The zero-order valence-corrected chi connectivity index (χ0v) is 13.3. The van der Waals surface area contributed by atoms with Crippen LogP contribution in [0.2, 0.25) is 0 Å². The molecule has 0 heterocycles. The lowest BCUT2D eigenvalue weighted by Gasteiger charge is -2.68. The van der Waals surface area contributed by atoms with Crippen molar-refractivity contribution >= 4 is 47.1 Å². The lowest BCUT2D eigenvalue weighted by molar-refractivity contribution is -0.196. The van der Waals surface area contributed by atoms with Gasteiger partial charge in [0.1, 0.15) is 0 Å². The van der Waals surface area contributed by atoms with Gasteiger partial charge in [0.2, 0.25) is 0 Å². The molecule has 2 aliphatic rings. The van der Waals surface area contributed by atoms with E-state index in [2.05, 4.69) is 0 Å². The molecule has 8 nitrogen and oxygen atoms in total. The van der Waals surface area contributed by atoms with E-state index in [9.17, 15) is 39.6 Å². The van der Waals surface area contributed by atoms with Crippen LogP contribution in [-0.2, 0) is 19.2 Å². The van der Waals surface area contributed by atoms with E-state index >= 15 is 0 Å². The summed E-state index contributed by atoms with van der Waals surface area (Å²) in [6.45, 7) is 1.34. The third-order valence-electron chi connectivity index (χ3n) is 5.40. The van der Waals surface area contributed by atoms with E-state index in [0.29, 0.717) is 0 Å². The smallest absolute Gasteiger partial charge is 0.327 e. The Balaban J connectivity index is 2.58. The van der Waals surface area contributed by atoms with Gasteiger partial charge in [0.15, 0.2) is 9.75 Å². The Morgan fingerprint density at radius 2 is 1.39 bits per heavy atom. The minimum Gasteiger partial charge on any atom is -0.481 e. The van der Waals surface area contributed by atoms with Crippen molar-refractivity contribution in [3.63, 3.8) is 0 Å². The number of alkyl halides is 2. The molecule has 23 heavy (non-hydrogen) atoms. The van der Waals surface area contributed by atoms with Crippen molar-refractivity contribution in [2.45, 2.75) is 29.5 Å².